The Hall–Kier alpha value is -2.01. The van der Waals surface area contributed by atoms with Gasteiger partial charge in [0.15, 0.2) is 0 Å². The van der Waals surface area contributed by atoms with E-state index in [9.17, 15) is 9.18 Å². The van der Waals surface area contributed by atoms with E-state index in [0.717, 1.165) is 16.0 Å². The molecule has 0 aliphatic carbocycles. The highest BCUT2D eigenvalue weighted by Crippen LogP contribution is 2.31. The molecule has 0 bridgehead atoms. The van der Waals surface area contributed by atoms with Crippen LogP contribution in [0.5, 0.6) is 0 Å². The fourth-order valence-corrected chi connectivity index (χ4v) is 2.70. The zero-order valence-corrected chi connectivity index (χ0v) is 14.5. The van der Waals surface area contributed by atoms with Crippen molar-refractivity contribution in [1.82, 2.24) is 0 Å². The third-order valence-electron chi connectivity index (χ3n) is 3.02. The SMILES string of the molecule is CSc1ccccc1-c1ccc(NC(=O)OC(C)(C)C)c(F)c1. The molecule has 2 rings (SSSR count). The fourth-order valence-electron chi connectivity index (χ4n) is 2.08. The molecule has 1 N–H and O–H groups in total. The summed E-state index contributed by atoms with van der Waals surface area (Å²) in [5.74, 6) is -0.496. The summed E-state index contributed by atoms with van der Waals surface area (Å²) < 4.78 is 19.4. The van der Waals surface area contributed by atoms with Crippen molar-refractivity contribution in [2.24, 2.45) is 0 Å². The predicted octanol–water partition coefficient (Wildman–Crippen LogP) is 5.56. The van der Waals surface area contributed by atoms with Crippen molar-refractivity contribution in [1.29, 1.82) is 0 Å². The first-order valence-electron chi connectivity index (χ1n) is 7.23. The summed E-state index contributed by atoms with van der Waals surface area (Å²) >= 11 is 1.61. The number of carbonyl (C=O) groups is 1. The van der Waals surface area contributed by atoms with Crippen LogP contribution in [0.15, 0.2) is 47.4 Å². The lowest BCUT2D eigenvalue weighted by Crippen LogP contribution is -2.27. The molecule has 0 spiro atoms. The zero-order chi connectivity index (χ0) is 17.0. The number of rotatable bonds is 3. The largest absolute Gasteiger partial charge is 0.444 e. The summed E-state index contributed by atoms with van der Waals surface area (Å²) in [4.78, 5) is 12.8. The molecule has 0 atom stereocenters. The molecule has 0 aromatic heterocycles. The van der Waals surface area contributed by atoms with E-state index in [-0.39, 0.29) is 5.69 Å². The minimum Gasteiger partial charge on any atom is -0.444 e. The Morgan fingerprint density at radius 2 is 1.87 bits per heavy atom. The van der Waals surface area contributed by atoms with E-state index in [1.165, 1.54) is 6.07 Å². The Balaban J connectivity index is 2.23. The molecule has 0 saturated carbocycles. The maximum Gasteiger partial charge on any atom is 0.412 e. The number of ether oxygens (including phenoxy) is 1. The highest BCUT2D eigenvalue weighted by molar-refractivity contribution is 7.98. The molecule has 0 fully saturated rings. The first-order chi connectivity index (χ1) is 10.8. The third kappa shape index (κ3) is 4.73. The van der Waals surface area contributed by atoms with E-state index in [1.807, 2.05) is 30.5 Å². The van der Waals surface area contributed by atoms with E-state index >= 15 is 0 Å². The van der Waals surface area contributed by atoms with Crippen molar-refractivity contribution in [3.63, 3.8) is 0 Å². The number of hydrogen-bond donors (Lipinski definition) is 1. The predicted molar refractivity (Wildman–Crippen MR) is 93.5 cm³/mol. The second-order valence-electron chi connectivity index (χ2n) is 6.02. The van der Waals surface area contributed by atoms with Gasteiger partial charge >= 0.3 is 6.09 Å². The number of anilines is 1. The summed E-state index contributed by atoms with van der Waals surface area (Å²) in [7, 11) is 0. The van der Waals surface area contributed by atoms with Gasteiger partial charge in [-0.1, -0.05) is 24.3 Å². The van der Waals surface area contributed by atoms with E-state index < -0.39 is 17.5 Å². The zero-order valence-electron chi connectivity index (χ0n) is 13.6. The lowest BCUT2D eigenvalue weighted by Gasteiger charge is -2.20. The Morgan fingerprint density at radius 1 is 1.17 bits per heavy atom. The number of hydrogen-bond acceptors (Lipinski definition) is 3. The average molecular weight is 333 g/mol. The maximum atomic E-state index is 14.3. The molecule has 3 nitrogen and oxygen atoms in total. The quantitative estimate of drug-likeness (QED) is 0.747. The molecule has 0 saturated heterocycles. The smallest absolute Gasteiger partial charge is 0.412 e. The Bertz CT molecular complexity index is 710. The first-order valence-corrected chi connectivity index (χ1v) is 8.45. The van der Waals surface area contributed by atoms with Crippen LogP contribution in [0.2, 0.25) is 0 Å². The van der Waals surface area contributed by atoms with Crippen LogP contribution >= 0.6 is 11.8 Å². The number of thioether (sulfide) groups is 1. The first kappa shape index (κ1) is 17.3. The van der Waals surface area contributed by atoms with Crippen molar-refractivity contribution < 1.29 is 13.9 Å². The van der Waals surface area contributed by atoms with Crippen LogP contribution in [0.4, 0.5) is 14.9 Å². The Morgan fingerprint density at radius 3 is 2.48 bits per heavy atom. The van der Waals surface area contributed by atoms with Gasteiger partial charge in [-0.05, 0) is 56.4 Å². The van der Waals surface area contributed by atoms with Crippen molar-refractivity contribution in [2.45, 2.75) is 31.3 Å². The van der Waals surface area contributed by atoms with Gasteiger partial charge in [0, 0.05) is 4.90 Å². The molecular weight excluding hydrogens is 313 g/mol. The van der Waals surface area contributed by atoms with Gasteiger partial charge in [0.2, 0.25) is 0 Å². The van der Waals surface area contributed by atoms with Gasteiger partial charge in [-0.15, -0.1) is 11.8 Å². The molecule has 0 aliphatic rings. The molecule has 122 valence electrons. The lowest BCUT2D eigenvalue weighted by atomic mass is 10.1. The highest BCUT2D eigenvalue weighted by atomic mass is 32.2. The molecule has 1 amide bonds. The van der Waals surface area contributed by atoms with E-state index in [1.54, 1.807) is 44.7 Å². The molecule has 0 heterocycles. The number of nitrogens with one attached hydrogen (secondary N) is 1. The van der Waals surface area contributed by atoms with Crippen LogP contribution in [0, 0.1) is 5.82 Å². The fraction of sp³-hybridized carbons (Fsp3) is 0.278. The minimum absolute atomic E-state index is 0.102. The molecule has 2 aromatic rings. The van der Waals surface area contributed by atoms with Gasteiger partial charge in [-0.25, -0.2) is 9.18 Å². The molecule has 0 aliphatic heterocycles. The number of halogens is 1. The summed E-state index contributed by atoms with van der Waals surface area (Å²) in [6, 6.07) is 12.6. The topological polar surface area (TPSA) is 38.3 Å². The molecule has 2 aromatic carbocycles. The lowest BCUT2D eigenvalue weighted by molar-refractivity contribution is 0.0635. The standard InChI is InChI=1S/C18H20FNO2S/c1-18(2,3)22-17(21)20-15-10-9-12(11-14(15)19)13-7-5-6-8-16(13)23-4/h5-11H,1-4H3,(H,20,21). The Labute approximate surface area is 140 Å². The summed E-state index contributed by atoms with van der Waals surface area (Å²) in [6.45, 7) is 5.27. The molecule has 0 unspecified atom stereocenters. The third-order valence-corrected chi connectivity index (χ3v) is 3.82. The van der Waals surface area contributed by atoms with Gasteiger partial charge in [-0.2, -0.15) is 0 Å². The normalized spacial score (nSPS) is 11.2. The van der Waals surface area contributed by atoms with E-state index in [0.29, 0.717) is 0 Å². The minimum atomic E-state index is -0.673. The second-order valence-corrected chi connectivity index (χ2v) is 6.87. The van der Waals surface area contributed by atoms with Crippen molar-refractivity contribution in [3.05, 3.63) is 48.3 Å². The van der Waals surface area contributed by atoms with E-state index in [4.69, 9.17) is 4.74 Å². The number of carbonyl (C=O) groups excluding carboxylic acids is 1. The van der Waals surface area contributed by atoms with Crippen LogP contribution in [0.25, 0.3) is 11.1 Å². The van der Waals surface area contributed by atoms with Crippen molar-refractivity contribution >= 4 is 23.5 Å². The van der Waals surface area contributed by atoms with E-state index in [2.05, 4.69) is 5.32 Å². The summed E-state index contributed by atoms with van der Waals surface area (Å²) in [5, 5.41) is 2.43. The molecule has 5 heteroatoms. The van der Waals surface area contributed by atoms with Crippen LogP contribution in [0.1, 0.15) is 20.8 Å². The maximum absolute atomic E-state index is 14.3. The molecule has 0 radical (unpaired) electrons. The van der Waals surface area contributed by atoms with Crippen LogP contribution in [-0.4, -0.2) is 18.0 Å². The number of amides is 1. The Kier molecular flexibility index (Phi) is 5.31. The second kappa shape index (κ2) is 7.04. The average Bonchev–Trinajstić information content (AvgIpc) is 2.47. The van der Waals surface area contributed by atoms with Crippen molar-refractivity contribution in [2.75, 3.05) is 11.6 Å². The monoisotopic (exact) mass is 333 g/mol. The van der Waals surface area contributed by atoms with Gasteiger partial charge in [0.1, 0.15) is 11.4 Å². The van der Waals surface area contributed by atoms with Gasteiger partial charge < -0.3 is 4.74 Å². The van der Waals surface area contributed by atoms with Crippen LogP contribution in [-0.2, 0) is 4.74 Å². The summed E-state index contributed by atoms with van der Waals surface area (Å²) in [6.07, 6.45) is 1.31. The van der Waals surface area contributed by atoms with Crippen LogP contribution in [0.3, 0.4) is 0 Å². The van der Waals surface area contributed by atoms with Gasteiger partial charge in [0.25, 0.3) is 0 Å². The summed E-state index contributed by atoms with van der Waals surface area (Å²) in [5.41, 5.74) is 1.20. The molecular formula is C18H20FNO2S. The van der Waals surface area contributed by atoms with Crippen molar-refractivity contribution in [3.8, 4) is 11.1 Å². The van der Waals surface area contributed by atoms with Gasteiger partial charge in [0.05, 0.1) is 5.69 Å². The molecule has 23 heavy (non-hydrogen) atoms. The van der Waals surface area contributed by atoms with Crippen LogP contribution < -0.4 is 5.32 Å². The highest BCUT2D eigenvalue weighted by Gasteiger charge is 2.17. The van der Waals surface area contributed by atoms with Gasteiger partial charge in [-0.3, -0.25) is 5.32 Å². The number of benzene rings is 2.